The molecule has 1 aromatic heterocycles. The van der Waals surface area contributed by atoms with Gasteiger partial charge in [-0.1, -0.05) is 0 Å². The van der Waals surface area contributed by atoms with Crippen LogP contribution in [-0.2, 0) is 17.8 Å². The molecule has 22 heavy (non-hydrogen) atoms. The first kappa shape index (κ1) is 14.0. The van der Waals surface area contributed by atoms with Crippen LogP contribution in [0.1, 0.15) is 36.8 Å². The zero-order valence-corrected chi connectivity index (χ0v) is 13.6. The molecule has 0 saturated heterocycles. The summed E-state index contributed by atoms with van der Waals surface area (Å²) >= 11 is 0. The molecule has 1 aromatic rings. The van der Waals surface area contributed by atoms with Gasteiger partial charge in [0.05, 0.1) is 0 Å². The maximum absolute atomic E-state index is 13.0. The summed E-state index contributed by atoms with van der Waals surface area (Å²) in [7, 11) is 4.08. The number of carbonyl (C=O) groups is 1. The number of nitrogens with zero attached hydrogens (tertiary/aromatic N) is 3. The molecule has 0 radical (unpaired) electrons. The molecule has 1 amide bonds. The molecule has 3 aliphatic rings. The van der Waals surface area contributed by atoms with Gasteiger partial charge in [-0.3, -0.25) is 4.79 Å². The van der Waals surface area contributed by atoms with Crippen LogP contribution in [0.2, 0.25) is 0 Å². The molecule has 2 fully saturated rings. The summed E-state index contributed by atoms with van der Waals surface area (Å²) in [5.41, 5.74) is 2.61. The number of carbonyl (C=O) groups excluding carboxylic acids is 1. The number of fused-ring (bicyclic) bond motifs is 3. The summed E-state index contributed by atoms with van der Waals surface area (Å²) in [5.74, 6) is 3.17. The van der Waals surface area contributed by atoms with Crippen molar-refractivity contribution in [2.75, 3.05) is 25.5 Å². The minimum absolute atomic E-state index is 0.330. The van der Waals surface area contributed by atoms with Gasteiger partial charge in [0.1, 0.15) is 5.82 Å². The molecule has 0 aromatic carbocycles. The minimum atomic E-state index is 0.330. The van der Waals surface area contributed by atoms with Gasteiger partial charge in [0.15, 0.2) is 0 Å². The van der Waals surface area contributed by atoms with Crippen LogP contribution in [0.3, 0.4) is 0 Å². The number of aromatic nitrogens is 1. The summed E-state index contributed by atoms with van der Waals surface area (Å²) in [6.45, 7) is 1.63. The summed E-state index contributed by atoms with van der Waals surface area (Å²) in [4.78, 5) is 21.7. The predicted octanol–water partition coefficient (Wildman–Crippen LogP) is 2.47. The van der Waals surface area contributed by atoms with E-state index in [4.69, 9.17) is 0 Å². The van der Waals surface area contributed by atoms with Crippen molar-refractivity contribution >= 4 is 11.7 Å². The summed E-state index contributed by atoms with van der Waals surface area (Å²) < 4.78 is 0. The molecular formula is C18H25N3O. The second kappa shape index (κ2) is 5.25. The second-order valence-electron chi connectivity index (χ2n) is 7.38. The minimum Gasteiger partial charge on any atom is -0.363 e. The molecule has 4 nitrogen and oxygen atoms in total. The van der Waals surface area contributed by atoms with E-state index in [0.29, 0.717) is 23.7 Å². The van der Waals surface area contributed by atoms with Crippen molar-refractivity contribution < 1.29 is 4.79 Å². The second-order valence-corrected chi connectivity index (χ2v) is 7.38. The van der Waals surface area contributed by atoms with Gasteiger partial charge in [0, 0.05) is 44.9 Å². The number of anilines is 1. The summed E-state index contributed by atoms with van der Waals surface area (Å²) in [6, 6.07) is 2.09. The normalized spacial score (nSPS) is 29.5. The highest BCUT2D eigenvalue weighted by molar-refractivity contribution is 5.80. The van der Waals surface area contributed by atoms with E-state index in [2.05, 4.69) is 20.9 Å². The van der Waals surface area contributed by atoms with Crippen molar-refractivity contribution in [1.82, 2.24) is 9.88 Å². The van der Waals surface area contributed by atoms with E-state index in [1.165, 1.54) is 36.8 Å². The fraction of sp³-hybridized carbons (Fsp3) is 0.667. The van der Waals surface area contributed by atoms with Crippen molar-refractivity contribution in [1.29, 1.82) is 0 Å². The molecule has 0 N–H and O–H groups in total. The Labute approximate surface area is 132 Å². The van der Waals surface area contributed by atoms with Gasteiger partial charge in [-0.15, -0.1) is 0 Å². The van der Waals surface area contributed by atoms with Crippen LogP contribution < -0.4 is 4.90 Å². The van der Waals surface area contributed by atoms with E-state index in [1.54, 1.807) is 0 Å². The lowest BCUT2D eigenvalue weighted by Crippen LogP contribution is -2.41. The summed E-state index contributed by atoms with van der Waals surface area (Å²) in [5, 5.41) is 0. The van der Waals surface area contributed by atoms with Gasteiger partial charge in [-0.05, 0) is 55.6 Å². The number of rotatable bonds is 2. The average molecular weight is 299 g/mol. The van der Waals surface area contributed by atoms with Gasteiger partial charge in [0.25, 0.3) is 0 Å². The first-order valence-corrected chi connectivity index (χ1v) is 8.58. The molecule has 2 aliphatic carbocycles. The fourth-order valence-electron chi connectivity index (χ4n) is 4.91. The lowest BCUT2D eigenvalue weighted by molar-refractivity contribution is -0.138. The van der Waals surface area contributed by atoms with Gasteiger partial charge in [-0.2, -0.15) is 0 Å². The van der Waals surface area contributed by atoms with Gasteiger partial charge in [-0.25, -0.2) is 4.98 Å². The third kappa shape index (κ3) is 2.11. The Morgan fingerprint density at radius 1 is 1.23 bits per heavy atom. The van der Waals surface area contributed by atoms with Crippen LogP contribution in [0.25, 0.3) is 0 Å². The zero-order valence-electron chi connectivity index (χ0n) is 13.6. The van der Waals surface area contributed by atoms with Crippen LogP contribution >= 0.6 is 0 Å². The standard InChI is InChI=1S/C18H25N3O/c1-20(2)17-15-8-10-21(11-14(15)7-9-19-17)18(22)16-12-3-4-13(16)6-5-12/h7,9,12-13,16H,3-6,8,10-11H2,1-2H3. The van der Waals surface area contributed by atoms with Crippen LogP contribution in [0, 0.1) is 17.8 Å². The molecule has 2 saturated carbocycles. The third-order valence-corrected chi connectivity index (χ3v) is 5.98. The fourth-order valence-corrected chi connectivity index (χ4v) is 4.91. The Hall–Kier alpha value is -1.58. The van der Waals surface area contributed by atoms with Crippen LogP contribution in [0.4, 0.5) is 5.82 Å². The molecule has 0 unspecified atom stereocenters. The molecule has 1 aliphatic heterocycles. The van der Waals surface area contributed by atoms with Crippen molar-refractivity contribution in [3.05, 3.63) is 23.4 Å². The number of hydrogen-bond donors (Lipinski definition) is 0. The molecule has 2 bridgehead atoms. The quantitative estimate of drug-likeness (QED) is 0.842. The highest BCUT2D eigenvalue weighted by atomic mass is 16.2. The maximum Gasteiger partial charge on any atom is 0.226 e. The van der Waals surface area contributed by atoms with Gasteiger partial charge in [0.2, 0.25) is 5.91 Å². The van der Waals surface area contributed by atoms with Crippen LogP contribution in [-0.4, -0.2) is 36.4 Å². The van der Waals surface area contributed by atoms with E-state index in [9.17, 15) is 4.79 Å². The first-order chi connectivity index (χ1) is 10.6. The SMILES string of the molecule is CN(C)c1nccc2c1CCN(C(=O)C1C3CCC1CC3)C2. The van der Waals surface area contributed by atoms with Crippen molar-refractivity contribution in [3.8, 4) is 0 Å². The zero-order chi connectivity index (χ0) is 15.3. The summed E-state index contributed by atoms with van der Waals surface area (Å²) in [6.07, 6.45) is 7.92. The molecule has 4 rings (SSSR count). The van der Waals surface area contributed by atoms with Gasteiger partial charge >= 0.3 is 0 Å². The van der Waals surface area contributed by atoms with E-state index in [1.807, 2.05) is 20.3 Å². The lowest BCUT2D eigenvalue weighted by atomic mass is 9.93. The molecule has 118 valence electrons. The molecule has 2 heterocycles. The molecule has 0 spiro atoms. The van der Waals surface area contributed by atoms with Crippen LogP contribution in [0.15, 0.2) is 12.3 Å². The Kier molecular flexibility index (Phi) is 3.35. The molecule has 4 heteroatoms. The van der Waals surface area contributed by atoms with E-state index >= 15 is 0 Å². The van der Waals surface area contributed by atoms with Crippen molar-refractivity contribution in [2.45, 2.75) is 38.6 Å². The highest BCUT2D eigenvalue weighted by Crippen LogP contribution is 2.50. The Morgan fingerprint density at radius 3 is 2.55 bits per heavy atom. The van der Waals surface area contributed by atoms with Crippen LogP contribution in [0.5, 0.6) is 0 Å². The number of pyridine rings is 1. The molecular weight excluding hydrogens is 274 g/mol. The lowest BCUT2D eigenvalue weighted by Gasteiger charge is -2.33. The monoisotopic (exact) mass is 299 g/mol. The van der Waals surface area contributed by atoms with E-state index in [-0.39, 0.29) is 0 Å². The topological polar surface area (TPSA) is 36.4 Å². The highest BCUT2D eigenvalue weighted by Gasteiger charge is 2.47. The molecule has 0 atom stereocenters. The number of amides is 1. The largest absolute Gasteiger partial charge is 0.363 e. The predicted molar refractivity (Wildman–Crippen MR) is 86.6 cm³/mol. The van der Waals surface area contributed by atoms with Crippen molar-refractivity contribution in [3.63, 3.8) is 0 Å². The maximum atomic E-state index is 13.0. The third-order valence-electron chi connectivity index (χ3n) is 5.98. The first-order valence-electron chi connectivity index (χ1n) is 8.58. The Bertz CT molecular complexity index is 578. The van der Waals surface area contributed by atoms with Gasteiger partial charge < -0.3 is 9.80 Å². The van der Waals surface area contributed by atoms with Crippen molar-refractivity contribution in [2.24, 2.45) is 17.8 Å². The Balaban J connectivity index is 1.55. The van der Waals surface area contributed by atoms with E-state index < -0.39 is 0 Å². The number of hydrogen-bond acceptors (Lipinski definition) is 3. The van der Waals surface area contributed by atoms with E-state index in [0.717, 1.165) is 25.3 Å². The smallest absolute Gasteiger partial charge is 0.226 e. The Morgan fingerprint density at radius 2 is 1.91 bits per heavy atom. The average Bonchev–Trinajstić information content (AvgIpc) is 3.13.